The molecule has 0 amide bonds. The van der Waals surface area contributed by atoms with Crippen molar-refractivity contribution in [3.63, 3.8) is 0 Å². The SMILES string of the molecule is C=PCc1ccc2c(c1)B1c3cc(CC4C=P4)ccc3N(c3cc(C(C)(C)C)cc(C(C)(C)C)c3)c3cccc(c31)N2c1cc(C(C)(C)C)cc(C(C)(C)C)c1. The average molecular weight is 773 g/mol. The van der Waals surface area contributed by atoms with Crippen LogP contribution < -0.4 is 26.2 Å². The van der Waals surface area contributed by atoms with E-state index in [9.17, 15) is 0 Å². The van der Waals surface area contributed by atoms with Crippen molar-refractivity contribution in [2.75, 3.05) is 9.80 Å². The molecule has 1 atom stereocenters. The van der Waals surface area contributed by atoms with Gasteiger partial charge in [0.25, 0.3) is 6.71 Å². The second-order valence-corrected chi connectivity index (χ2v) is 22.6. The molecule has 2 nitrogen and oxygen atoms in total. The van der Waals surface area contributed by atoms with Crippen LogP contribution in [0.5, 0.6) is 0 Å². The molecule has 3 aliphatic rings. The number of hydrogen-bond acceptors (Lipinski definition) is 2. The Balaban J connectivity index is 1.46. The zero-order valence-electron chi connectivity index (χ0n) is 35.8. The first-order valence-corrected chi connectivity index (χ1v) is 22.8. The highest BCUT2D eigenvalue weighted by Crippen LogP contribution is 2.47. The van der Waals surface area contributed by atoms with Gasteiger partial charge in [0.2, 0.25) is 0 Å². The van der Waals surface area contributed by atoms with Crippen LogP contribution in [0.25, 0.3) is 0 Å². The van der Waals surface area contributed by atoms with Crippen molar-refractivity contribution in [3.8, 4) is 0 Å². The maximum absolute atomic E-state index is 4.25. The van der Waals surface area contributed by atoms with E-state index < -0.39 is 0 Å². The molecule has 5 heteroatoms. The largest absolute Gasteiger partial charge is 0.311 e. The van der Waals surface area contributed by atoms with Crippen molar-refractivity contribution in [1.82, 2.24) is 0 Å². The molecular weight excluding hydrogens is 713 g/mol. The third kappa shape index (κ3) is 7.14. The van der Waals surface area contributed by atoms with Gasteiger partial charge in [0.1, 0.15) is 0 Å². The van der Waals surface area contributed by atoms with Crippen molar-refractivity contribution in [2.45, 2.75) is 123 Å². The fraction of sp³-hybridized carbons (Fsp3) is 0.373. The summed E-state index contributed by atoms with van der Waals surface area (Å²) in [4.78, 5) is 5.20. The zero-order valence-corrected chi connectivity index (χ0v) is 37.6. The van der Waals surface area contributed by atoms with Crippen LogP contribution in [0, 0.1) is 0 Å². The van der Waals surface area contributed by atoms with Gasteiger partial charge in [-0.15, -0.1) is 8.20 Å². The Morgan fingerprint density at radius 3 is 1.36 bits per heavy atom. The van der Waals surface area contributed by atoms with E-state index in [2.05, 4.69) is 196 Å². The molecule has 0 aromatic heterocycles. The van der Waals surface area contributed by atoms with Gasteiger partial charge in [0, 0.05) is 45.9 Å². The number of fused-ring (bicyclic) bond motifs is 4. The summed E-state index contributed by atoms with van der Waals surface area (Å²) in [5.74, 6) is 2.43. The molecule has 0 bridgehead atoms. The van der Waals surface area contributed by atoms with Gasteiger partial charge in [-0.25, -0.2) is 0 Å². The Morgan fingerprint density at radius 2 is 0.964 bits per heavy atom. The Labute approximate surface area is 341 Å². The van der Waals surface area contributed by atoms with Crippen LogP contribution >= 0.6 is 16.4 Å². The van der Waals surface area contributed by atoms with Crippen LogP contribution in [-0.4, -0.2) is 24.5 Å². The Hall–Kier alpha value is -3.90. The smallest absolute Gasteiger partial charge is 0.252 e. The van der Waals surface area contributed by atoms with Gasteiger partial charge < -0.3 is 9.80 Å². The molecule has 0 radical (unpaired) electrons. The first-order chi connectivity index (χ1) is 26.2. The summed E-state index contributed by atoms with van der Waals surface area (Å²) in [7, 11) is 2.61. The summed E-state index contributed by atoms with van der Waals surface area (Å²) in [6, 6.07) is 36.5. The van der Waals surface area contributed by atoms with Crippen molar-refractivity contribution >= 4 is 85.7 Å². The lowest BCUT2D eigenvalue weighted by Gasteiger charge is -2.45. The molecule has 5 aromatic carbocycles. The predicted molar refractivity (Wildman–Crippen MR) is 253 cm³/mol. The lowest BCUT2D eigenvalue weighted by Crippen LogP contribution is -2.61. The van der Waals surface area contributed by atoms with E-state index in [0.717, 1.165) is 20.8 Å². The van der Waals surface area contributed by atoms with Crippen LogP contribution in [0.2, 0.25) is 0 Å². The second kappa shape index (κ2) is 13.6. The van der Waals surface area contributed by atoms with Crippen LogP contribution in [0.3, 0.4) is 0 Å². The standard InChI is InChI=1S/C51H59BN2P2/c1-48(2,3)34-24-35(49(4,5)6)27-38(26-34)53-43-19-17-32(21-40-31-56-40)22-41(43)52-42-23-33(30-55-13)18-20-44(42)54(46-16-14-15-45(53)47(46)52)39-28-36(50(7,8)9)25-37(29-39)51(10,11)12/h14-20,22-29,31,40H,13,21,30H2,1-12H3. The van der Waals surface area contributed by atoms with Crippen LogP contribution in [0.4, 0.5) is 34.1 Å². The highest BCUT2D eigenvalue weighted by atomic mass is 31.1. The second-order valence-electron chi connectivity index (χ2n) is 20.6. The molecule has 5 aromatic rings. The quantitative estimate of drug-likeness (QED) is 0.123. The van der Waals surface area contributed by atoms with Gasteiger partial charge >= 0.3 is 0 Å². The molecule has 56 heavy (non-hydrogen) atoms. The zero-order chi connectivity index (χ0) is 40.1. The van der Waals surface area contributed by atoms with Gasteiger partial charge in [-0.05, 0) is 132 Å². The van der Waals surface area contributed by atoms with Crippen molar-refractivity contribution in [1.29, 1.82) is 0 Å². The topological polar surface area (TPSA) is 6.48 Å². The summed E-state index contributed by atoms with van der Waals surface area (Å²) in [5.41, 5.74) is 20.7. The van der Waals surface area contributed by atoms with Gasteiger partial charge in [-0.1, -0.05) is 140 Å². The summed E-state index contributed by atoms with van der Waals surface area (Å²) >= 11 is 0. The molecule has 0 fully saturated rings. The summed E-state index contributed by atoms with van der Waals surface area (Å²) < 4.78 is 0. The first kappa shape index (κ1) is 39.0. The molecule has 0 saturated heterocycles. The minimum atomic E-state index is -0.00226. The van der Waals surface area contributed by atoms with E-state index in [-0.39, 0.29) is 28.4 Å². The number of hydrogen-bond donors (Lipinski definition) is 0. The molecule has 3 aliphatic heterocycles. The van der Waals surface area contributed by atoms with Crippen LogP contribution in [0.15, 0.2) is 91.0 Å². The Morgan fingerprint density at radius 1 is 0.554 bits per heavy atom. The molecule has 8 rings (SSSR count). The summed E-state index contributed by atoms with van der Waals surface area (Å²) in [6.45, 7) is 28.2. The molecule has 0 N–H and O–H groups in total. The van der Waals surface area contributed by atoms with E-state index >= 15 is 0 Å². The van der Waals surface area contributed by atoms with Crippen LogP contribution in [-0.2, 0) is 34.2 Å². The Bertz CT molecular complexity index is 2330. The third-order valence-corrected chi connectivity index (χ3v) is 13.5. The molecular formula is C51H59BN2P2. The minimum Gasteiger partial charge on any atom is -0.311 e. The molecule has 3 heterocycles. The Kier molecular flexibility index (Phi) is 9.46. The number of rotatable bonds is 6. The van der Waals surface area contributed by atoms with Gasteiger partial charge in [0.15, 0.2) is 0 Å². The van der Waals surface area contributed by atoms with E-state index in [4.69, 9.17) is 0 Å². The summed E-state index contributed by atoms with van der Waals surface area (Å²) in [6.07, 6.45) is 6.28. The van der Waals surface area contributed by atoms with E-state index in [1.807, 2.05) is 0 Å². The van der Waals surface area contributed by atoms with E-state index in [1.54, 1.807) is 0 Å². The lowest BCUT2D eigenvalue weighted by molar-refractivity contribution is 0.568. The summed E-state index contributed by atoms with van der Waals surface area (Å²) in [5, 5.41) is 0. The molecule has 0 saturated carbocycles. The maximum atomic E-state index is 4.25. The highest BCUT2D eigenvalue weighted by molar-refractivity contribution is 7.51. The van der Waals surface area contributed by atoms with Crippen LogP contribution in [0.1, 0.15) is 116 Å². The van der Waals surface area contributed by atoms with Gasteiger partial charge in [-0.2, -0.15) is 0 Å². The molecule has 1 unspecified atom stereocenters. The fourth-order valence-electron chi connectivity index (χ4n) is 8.57. The third-order valence-electron chi connectivity index (χ3n) is 12.0. The maximum Gasteiger partial charge on any atom is 0.252 e. The minimum absolute atomic E-state index is 0.000430. The van der Waals surface area contributed by atoms with E-state index in [1.165, 1.54) is 92.1 Å². The van der Waals surface area contributed by atoms with Gasteiger partial charge in [0.05, 0.1) is 0 Å². The fourth-order valence-corrected chi connectivity index (χ4v) is 9.57. The van der Waals surface area contributed by atoms with Gasteiger partial charge in [-0.3, -0.25) is 0 Å². The lowest BCUT2D eigenvalue weighted by atomic mass is 9.33. The molecule has 286 valence electrons. The average Bonchev–Trinajstić information content (AvgIpc) is 3.94. The number of anilines is 6. The van der Waals surface area contributed by atoms with Crippen molar-refractivity contribution in [2.24, 2.45) is 0 Å². The first-order valence-electron chi connectivity index (χ1n) is 20.5. The number of benzene rings is 5. The normalized spacial score (nSPS) is 16.5. The molecule has 0 spiro atoms. The monoisotopic (exact) mass is 772 g/mol. The van der Waals surface area contributed by atoms with E-state index in [0.29, 0.717) is 5.66 Å². The number of nitrogens with zero attached hydrogens (tertiary/aromatic N) is 2. The molecule has 0 aliphatic carbocycles. The van der Waals surface area contributed by atoms with Crippen molar-refractivity contribution in [3.05, 3.63) is 124 Å². The van der Waals surface area contributed by atoms with Crippen molar-refractivity contribution < 1.29 is 0 Å². The highest BCUT2D eigenvalue weighted by Gasteiger charge is 2.44. The predicted octanol–water partition coefficient (Wildman–Crippen LogP) is 12.5.